The highest BCUT2D eigenvalue weighted by atomic mass is 16.3. The molecular weight excluding hydrogens is 308 g/mol. The second-order valence-electron chi connectivity index (χ2n) is 7.97. The van der Waals surface area contributed by atoms with E-state index in [2.05, 4.69) is 52.3 Å². The zero-order valence-corrected chi connectivity index (χ0v) is 15.3. The van der Waals surface area contributed by atoms with Crippen LogP contribution in [0, 0.1) is 13.8 Å². The fourth-order valence-electron chi connectivity index (χ4n) is 4.91. The van der Waals surface area contributed by atoms with Crippen LogP contribution in [-0.4, -0.2) is 27.1 Å². The zero-order valence-electron chi connectivity index (χ0n) is 15.3. The number of rotatable bonds is 3. The third kappa shape index (κ3) is 3.36. The lowest BCUT2D eigenvalue weighted by atomic mass is 9.72. The number of pyridine rings is 1. The Labute approximate surface area is 150 Å². The van der Waals surface area contributed by atoms with Crippen LogP contribution in [-0.2, 0) is 12.1 Å². The standard InChI is InChI=1S/C22H28N2O/c1-16-11-19(12-17(2)23-16)22(25)13-20-9-6-10-21(14-22)24(20)15-18-7-4-3-5-8-18/h3-5,7-8,11-12,20-21,25H,6,9-10,13-15H2,1-2H3. The van der Waals surface area contributed by atoms with Gasteiger partial charge < -0.3 is 5.11 Å². The third-order valence-electron chi connectivity index (χ3n) is 5.99. The Bertz CT molecular complexity index is 709. The van der Waals surface area contributed by atoms with E-state index >= 15 is 0 Å². The van der Waals surface area contributed by atoms with E-state index in [1.54, 1.807) is 0 Å². The number of hydrogen-bond acceptors (Lipinski definition) is 3. The lowest BCUT2D eigenvalue weighted by Crippen LogP contribution is -2.56. The van der Waals surface area contributed by atoms with Gasteiger partial charge in [0.15, 0.2) is 0 Å². The van der Waals surface area contributed by atoms with Crippen LogP contribution in [0.2, 0.25) is 0 Å². The molecule has 2 aliphatic rings. The van der Waals surface area contributed by atoms with Crippen molar-refractivity contribution >= 4 is 0 Å². The summed E-state index contributed by atoms with van der Waals surface area (Å²) in [5.74, 6) is 0. The summed E-state index contributed by atoms with van der Waals surface area (Å²) in [4.78, 5) is 7.13. The predicted molar refractivity (Wildman–Crippen MR) is 100 cm³/mol. The molecule has 2 saturated heterocycles. The van der Waals surface area contributed by atoms with Crippen molar-refractivity contribution in [2.24, 2.45) is 0 Å². The van der Waals surface area contributed by atoms with Crippen LogP contribution in [0.4, 0.5) is 0 Å². The van der Waals surface area contributed by atoms with Crippen molar-refractivity contribution in [1.82, 2.24) is 9.88 Å². The molecule has 3 heterocycles. The fourth-order valence-corrected chi connectivity index (χ4v) is 4.91. The number of aromatic nitrogens is 1. The van der Waals surface area contributed by atoms with Crippen LogP contribution in [0.15, 0.2) is 42.5 Å². The minimum atomic E-state index is -0.707. The Hall–Kier alpha value is -1.71. The smallest absolute Gasteiger partial charge is 0.0927 e. The average Bonchev–Trinajstić information content (AvgIpc) is 2.56. The maximum Gasteiger partial charge on any atom is 0.0927 e. The van der Waals surface area contributed by atoms with Gasteiger partial charge in [-0.2, -0.15) is 0 Å². The van der Waals surface area contributed by atoms with Gasteiger partial charge in [0.2, 0.25) is 0 Å². The average molecular weight is 336 g/mol. The molecule has 132 valence electrons. The normalized spacial score (nSPS) is 29.6. The molecule has 2 unspecified atom stereocenters. The van der Waals surface area contributed by atoms with E-state index in [1.807, 2.05) is 13.8 Å². The van der Waals surface area contributed by atoms with Crippen LogP contribution in [0.3, 0.4) is 0 Å². The van der Waals surface area contributed by atoms with Crippen molar-refractivity contribution in [2.45, 2.75) is 70.2 Å². The van der Waals surface area contributed by atoms with Crippen molar-refractivity contribution in [1.29, 1.82) is 0 Å². The Kier molecular flexibility index (Phi) is 4.38. The Balaban J connectivity index is 1.60. The molecule has 4 rings (SSSR count). The van der Waals surface area contributed by atoms with Crippen LogP contribution in [0.1, 0.15) is 54.6 Å². The Morgan fingerprint density at radius 2 is 1.64 bits per heavy atom. The number of benzene rings is 1. The highest BCUT2D eigenvalue weighted by molar-refractivity contribution is 5.28. The molecule has 1 aromatic carbocycles. The third-order valence-corrected chi connectivity index (χ3v) is 5.99. The summed E-state index contributed by atoms with van der Waals surface area (Å²) in [6.45, 7) is 5.04. The zero-order chi connectivity index (χ0) is 17.4. The highest BCUT2D eigenvalue weighted by Crippen LogP contribution is 2.45. The van der Waals surface area contributed by atoms with Gasteiger partial charge in [-0.3, -0.25) is 9.88 Å². The van der Waals surface area contributed by atoms with Crippen molar-refractivity contribution in [3.8, 4) is 0 Å². The van der Waals surface area contributed by atoms with Crippen molar-refractivity contribution in [3.05, 3.63) is 65.0 Å². The summed E-state index contributed by atoms with van der Waals surface area (Å²) in [6, 6.07) is 15.8. The SMILES string of the molecule is Cc1cc(C2(O)CC3CCCC(C2)N3Cc2ccccc2)cc(C)n1. The summed E-state index contributed by atoms with van der Waals surface area (Å²) in [7, 11) is 0. The van der Waals surface area contributed by atoms with Gasteiger partial charge in [0, 0.05) is 30.0 Å². The van der Waals surface area contributed by atoms with Crippen LogP contribution >= 0.6 is 0 Å². The van der Waals surface area contributed by atoms with E-state index in [0.29, 0.717) is 12.1 Å². The first-order valence-corrected chi connectivity index (χ1v) is 9.51. The molecule has 0 amide bonds. The molecule has 3 nitrogen and oxygen atoms in total. The largest absolute Gasteiger partial charge is 0.385 e. The Morgan fingerprint density at radius 1 is 1.04 bits per heavy atom. The second-order valence-corrected chi connectivity index (χ2v) is 7.97. The van der Waals surface area contributed by atoms with E-state index in [0.717, 1.165) is 36.3 Å². The monoisotopic (exact) mass is 336 g/mol. The van der Waals surface area contributed by atoms with Crippen LogP contribution < -0.4 is 0 Å². The number of aryl methyl sites for hydroxylation is 2. The number of hydrogen-bond donors (Lipinski definition) is 1. The van der Waals surface area contributed by atoms with E-state index in [9.17, 15) is 5.11 Å². The van der Waals surface area contributed by atoms with E-state index < -0.39 is 5.60 Å². The van der Waals surface area contributed by atoms with E-state index in [4.69, 9.17) is 0 Å². The first kappa shape index (κ1) is 16.7. The molecule has 2 atom stereocenters. The lowest BCUT2D eigenvalue weighted by molar-refractivity contribution is -0.1000. The molecule has 2 bridgehead atoms. The van der Waals surface area contributed by atoms with Gasteiger partial charge >= 0.3 is 0 Å². The van der Waals surface area contributed by atoms with E-state index in [1.165, 1.54) is 24.8 Å². The minimum absolute atomic E-state index is 0.464. The number of fused-ring (bicyclic) bond motifs is 2. The van der Waals surface area contributed by atoms with Crippen LogP contribution in [0.25, 0.3) is 0 Å². The molecular formula is C22H28N2O. The quantitative estimate of drug-likeness (QED) is 0.916. The summed E-state index contributed by atoms with van der Waals surface area (Å²) in [6.07, 6.45) is 5.33. The number of aliphatic hydroxyl groups is 1. The molecule has 2 fully saturated rings. The summed E-state index contributed by atoms with van der Waals surface area (Å²) in [5.41, 5.74) is 3.73. The molecule has 3 heteroatoms. The van der Waals surface area contributed by atoms with Gasteiger partial charge in [-0.25, -0.2) is 0 Å². The fraction of sp³-hybridized carbons (Fsp3) is 0.500. The highest BCUT2D eigenvalue weighted by Gasteiger charge is 2.46. The summed E-state index contributed by atoms with van der Waals surface area (Å²) < 4.78 is 0. The van der Waals surface area contributed by atoms with Crippen molar-refractivity contribution in [2.75, 3.05) is 0 Å². The second kappa shape index (κ2) is 6.54. The van der Waals surface area contributed by atoms with Gasteiger partial charge in [-0.05, 0) is 62.8 Å². The van der Waals surface area contributed by atoms with Crippen molar-refractivity contribution in [3.63, 3.8) is 0 Å². The molecule has 0 spiro atoms. The molecule has 2 aromatic rings. The maximum absolute atomic E-state index is 11.5. The molecule has 0 saturated carbocycles. The lowest BCUT2D eigenvalue weighted by Gasteiger charge is -2.52. The molecule has 2 aliphatic heterocycles. The van der Waals surface area contributed by atoms with Crippen molar-refractivity contribution < 1.29 is 5.11 Å². The maximum atomic E-state index is 11.5. The first-order chi connectivity index (χ1) is 12.0. The van der Waals surface area contributed by atoms with Gasteiger partial charge in [-0.1, -0.05) is 36.8 Å². The summed E-state index contributed by atoms with van der Waals surface area (Å²) in [5, 5.41) is 11.5. The molecule has 1 N–H and O–H groups in total. The van der Waals surface area contributed by atoms with Gasteiger partial charge in [0.1, 0.15) is 0 Å². The number of piperidine rings is 2. The summed E-state index contributed by atoms with van der Waals surface area (Å²) >= 11 is 0. The molecule has 25 heavy (non-hydrogen) atoms. The van der Waals surface area contributed by atoms with E-state index in [-0.39, 0.29) is 0 Å². The van der Waals surface area contributed by atoms with Gasteiger partial charge in [-0.15, -0.1) is 0 Å². The van der Waals surface area contributed by atoms with Crippen LogP contribution in [0.5, 0.6) is 0 Å². The first-order valence-electron chi connectivity index (χ1n) is 9.51. The van der Waals surface area contributed by atoms with Gasteiger partial charge in [0.25, 0.3) is 0 Å². The predicted octanol–water partition coefficient (Wildman–Crippen LogP) is 4.10. The minimum Gasteiger partial charge on any atom is -0.385 e. The molecule has 0 radical (unpaired) electrons. The Morgan fingerprint density at radius 3 is 2.24 bits per heavy atom. The molecule has 1 aromatic heterocycles. The van der Waals surface area contributed by atoms with Gasteiger partial charge in [0.05, 0.1) is 5.60 Å². The number of nitrogens with zero attached hydrogens (tertiary/aromatic N) is 2. The molecule has 0 aliphatic carbocycles. The topological polar surface area (TPSA) is 36.4 Å².